The van der Waals surface area contributed by atoms with Crippen LogP contribution in [0.5, 0.6) is 5.75 Å². The van der Waals surface area contributed by atoms with Crippen LogP contribution in [0.3, 0.4) is 0 Å². The molecule has 1 aromatic rings. The number of nitrogens with one attached hydrogen (secondary N) is 1. The molecule has 4 nitrogen and oxygen atoms in total. The number of rotatable bonds is 6. The van der Waals surface area contributed by atoms with Gasteiger partial charge in [0.25, 0.3) is 0 Å². The molecular formula is C13H23N3O. The molecule has 1 aromatic heterocycles. The molecule has 0 amide bonds. The van der Waals surface area contributed by atoms with Gasteiger partial charge in [-0.2, -0.15) is 5.10 Å². The summed E-state index contributed by atoms with van der Waals surface area (Å²) < 4.78 is 7.57. The molecule has 0 radical (unpaired) electrons. The summed E-state index contributed by atoms with van der Waals surface area (Å²) in [4.78, 5) is 0. The van der Waals surface area contributed by atoms with Crippen LogP contribution in [-0.4, -0.2) is 29.0 Å². The molecule has 4 heteroatoms. The number of hydrogen-bond donors (Lipinski definition) is 1. The SMILES string of the molecule is CC(C)n1cc(OCCNC2CCCC2)cn1. The molecule has 0 aromatic carbocycles. The lowest BCUT2D eigenvalue weighted by atomic mass is 10.2. The van der Waals surface area contributed by atoms with Crippen molar-refractivity contribution in [1.29, 1.82) is 0 Å². The van der Waals surface area contributed by atoms with E-state index in [2.05, 4.69) is 24.3 Å². The van der Waals surface area contributed by atoms with Gasteiger partial charge >= 0.3 is 0 Å². The van der Waals surface area contributed by atoms with Crippen molar-refractivity contribution in [3.63, 3.8) is 0 Å². The van der Waals surface area contributed by atoms with Crippen molar-refractivity contribution in [3.05, 3.63) is 12.4 Å². The molecule has 1 aliphatic carbocycles. The number of nitrogens with zero attached hydrogens (tertiary/aromatic N) is 2. The van der Waals surface area contributed by atoms with Gasteiger partial charge in [0.05, 0.1) is 12.4 Å². The Hall–Kier alpha value is -1.03. The van der Waals surface area contributed by atoms with Crippen molar-refractivity contribution in [2.75, 3.05) is 13.2 Å². The first-order valence-corrected chi connectivity index (χ1v) is 6.66. The number of hydrogen-bond acceptors (Lipinski definition) is 3. The number of aromatic nitrogens is 2. The first-order valence-electron chi connectivity index (χ1n) is 6.66. The Morgan fingerprint density at radius 2 is 2.24 bits per heavy atom. The van der Waals surface area contributed by atoms with Crippen molar-refractivity contribution in [3.8, 4) is 5.75 Å². The fraction of sp³-hybridized carbons (Fsp3) is 0.769. The summed E-state index contributed by atoms with van der Waals surface area (Å²) in [5.41, 5.74) is 0. The van der Waals surface area contributed by atoms with Gasteiger partial charge in [-0.15, -0.1) is 0 Å². The quantitative estimate of drug-likeness (QED) is 0.772. The van der Waals surface area contributed by atoms with Gasteiger partial charge in [0.1, 0.15) is 6.61 Å². The lowest BCUT2D eigenvalue weighted by molar-refractivity contribution is 0.304. The Morgan fingerprint density at radius 3 is 2.88 bits per heavy atom. The van der Waals surface area contributed by atoms with Gasteiger partial charge in [-0.3, -0.25) is 4.68 Å². The minimum atomic E-state index is 0.393. The molecule has 1 N–H and O–H groups in total. The topological polar surface area (TPSA) is 39.1 Å². The van der Waals surface area contributed by atoms with Crippen LogP contribution < -0.4 is 10.1 Å². The molecule has 1 fully saturated rings. The largest absolute Gasteiger partial charge is 0.489 e. The second-order valence-corrected chi connectivity index (χ2v) is 5.03. The maximum absolute atomic E-state index is 5.65. The van der Waals surface area contributed by atoms with Gasteiger partial charge < -0.3 is 10.1 Å². The molecule has 0 saturated heterocycles. The maximum Gasteiger partial charge on any atom is 0.157 e. The normalized spacial score (nSPS) is 16.9. The van der Waals surface area contributed by atoms with E-state index in [4.69, 9.17) is 4.74 Å². The summed E-state index contributed by atoms with van der Waals surface area (Å²) in [5.74, 6) is 0.868. The molecule has 1 saturated carbocycles. The standard InChI is InChI=1S/C13H23N3O/c1-11(2)16-10-13(9-15-16)17-8-7-14-12-5-3-4-6-12/h9-12,14H,3-8H2,1-2H3. The van der Waals surface area contributed by atoms with E-state index >= 15 is 0 Å². The zero-order chi connectivity index (χ0) is 12.1. The van der Waals surface area contributed by atoms with Crippen LogP contribution in [0.15, 0.2) is 12.4 Å². The van der Waals surface area contributed by atoms with Crippen LogP contribution >= 0.6 is 0 Å². The van der Waals surface area contributed by atoms with Crippen molar-refractivity contribution in [2.45, 2.75) is 51.6 Å². The highest BCUT2D eigenvalue weighted by Gasteiger charge is 2.13. The van der Waals surface area contributed by atoms with E-state index in [0.29, 0.717) is 6.04 Å². The summed E-state index contributed by atoms with van der Waals surface area (Å²) in [6.45, 7) is 5.87. The van der Waals surface area contributed by atoms with E-state index in [-0.39, 0.29) is 0 Å². The Kier molecular flexibility index (Phi) is 4.42. The van der Waals surface area contributed by atoms with Gasteiger partial charge in [-0.1, -0.05) is 12.8 Å². The van der Waals surface area contributed by atoms with Crippen molar-refractivity contribution in [2.24, 2.45) is 0 Å². The average molecular weight is 237 g/mol. The minimum absolute atomic E-state index is 0.393. The third-order valence-corrected chi connectivity index (χ3v) is 3.27. The van der Waals surface area contributed by atoms with E-state index in [0.717, 1.165) is 24.9 Å². The highest BCUT2D eigenvalue weighted by Crippen LogP contribution is 2.17. The highest BCUT2D eigenvalue weighted by molar-refractivity contribution is 5.11. The summed E-state index contributed by atoms with van der Waals surface area (Å²) >= 11 is 0. The zero-order valence-corrected chi connectivity index (χ0v) is 10.9. The van der Waals surface area contributed by atoms with Crippen molar-refractivity contribution in [1.82, 2.24) is 15.1 Å². The second-order valence-electron chi connectivity index (χ2n) is 5.03. The fourth-order valence-electron chi connectivity index (χ4n) is 2.24. The van der Waals surface area contributed by atoms with Crippen LogP contribution in [-0.2, 0) is 0 Å². The molecule has 0 aliphatic heterocycles. The van der Waals surface area contributed by atoms with E-state index in [1.54, 1.807) is 6.20 Å². The molecule has 96 valence electrons. The van der Waals surface area contributed by atoms with Gasteiger partial charge in [0.2, 0.25) is 0 Å². The monoisotopic (exact) mass is 237 g/mol. The van der Waals surface area contributed by atoms with E-state index < -0.39 is 0 Å². The maximum atomic E-state index is 5.65. The summed E-state index contributed by atoms with van der Waals surface area (Å²) in [6.07, 6.45) is 9.14. The van der Waals surface area contributed by atoms with Gasteiger partial charge in [-0.25, -0.2) is 0 Å². The van der Waals surface area contributed by atoms with E-state index in [9.17, 15) is 0 Å². The fourth-order valence-corrected chi connectivity index (χ4v) is 2.24. The van der Waals surface area contributed by atoms with Gasteiger partial charge in [-0.05, 0) is 26.7 Å². The lowest BCUT2D eigenvalue weighted by Crippen LogP contribution is -2.30. The van der Waals surface area contributed by atoms with E-state index in [1.807, 2.05) is 10.9 Å². The Balaban J connectivity index is 1.63. The summed E-state index contributed by atoms with van der Waals surface area (Å²) in [5, 5.41) is 7.77. The molecule has 0 unspecified atom stereocenters. The predicted molar refractivity (Wildman–Crippen MR) is 68.4 cm³/mol. The average Bonchev–Trinajstić information content (AvgIpc) is 2.96. The Morgan fingerprint density at radius 1 is 1.47 bits per heavy atom. The number of ether oxygens (including phenoxy) is 1. The zero-order valence-electron chi connectivity index (χ0n) is 10.9. The Bertz CT molecular complexity index is 329. The summed E-state index contributed by atoms with van der Waals surface area (Å²) in [7, 11) is 0. The Labute approximate surface area is 103 Å². The third-order valence-electron chi connectivity index (χ3n) is 3.27. The minimum Gasteiger partial charge on any atom is -0.489 e. The predicted octanol–water partition coefficient (Wildman–Crippen LogP) is 2.38. The van der Waals surface area contributed by atoms with Gasteiger partial charge in [0.15, 0.2) is 5.75 Å². The molecule has 17 heavy (non-hydrogen) atoms. The molecule has 2 rings (SSSR count). The van der Waals surface area contributed by atoms with Crippen LogP contribution in [0, 0.1) is 0 Å². The van der Waals surface area contributed by atoms with Crippen molar-refractivity contribution >= 4 is 0 Å². The van der Waals surface area contributed by atoms with Crippen molar-refractivity contribution < 1.29 is 4.74 Å². The molecule has 0 atom stereocenters. The second kappa shape index (κ2) is 6.05. The highest BCUT2D eigenvalue weighted by atomic mass is 16.5. The third kappa shape index (κ3) is 3.73. The molecule has 1 aliphatic rings. The molecular weight excluding hydrogens is 214 g/mol. The first-order chi connectivity index (χ1) is 8.25. The summed E-state index contributed by atoms with van der Waals surface area (Å²) in [6, 6.07) is 1.11. The smallest absolute Gasteiger partial charge is 0.157 e. The van der Waals surface area contributed by atoms with Gasteiger partial charge in [0, 0.05) is 18.6 Å². The molecule has 0 spiro atoms. The van der Waals surface area contributed by atoms with Crippen LogP contribution in [0.25, 0.3) is 0 Å². The lowest BCUT2D eigenvalue weighted by Gasteiger charge is -2.11. The first kappa shape index (κ1) is 12.4. The molecule has 0 bridgehead atoms. The van der Waals surface area contributed by atoms with Crippen LogP contribution in [0.1, 0.15) is 45.6 Å². The van der Waals surface area contributed by atoms with Crippen LogP contribution in [0.2, 0.25) is 0 Å². The van der Waals surface area contributed by atoms with Crippen LogP contribution in [0.4, 0.5) is 0 Å². The molecule has 1 heterocycles. The van der Waals surface area contributed by atoms with E-state index in [1.165, 1.54) is 25.7 Å².